The molecule has 2 aliphatic heterocycles. The lowest BCUT2D eigenvalue weighted by atomic mass is 9.79. The molecule has 0 bridgehead atoms. The molecule has 5 nitrogen and oxygen atoms in total. The molecule has 5 heteroatoms. The molecule has 2 aliphatic carbocycles. The summed E-state index contributed by atoms with van der Waals surface area (Å²) in [6.07, 6.45) is 5.44. The Bertz CT molecular complexity index is 703. The van der Waals surface area contributed by atoms with Crippen molar-refractivity contribution in [1.29, 1.82) is 0 Å². The predicted molar refractivity (Wildman–Crippen MR) is 104 cm³/mol. The number of benzene rings is 1. The summed E-state index contributed by atoms with van der Waals surface area (Å²) in [4.78, 5) is 17.2. The standard InChI is InChI=1S/C22H30N2O3/c25-18-13-17(14-18)21(26)23-9-7-22(8-10-23)19-3-1-2-4-20(19)24(11-12-27-22)15-16-5-6-16/h1-4,16-18,25H,5-15H2. The van der Waals surface area contributed by atoms with Gasteiger partial charge in [-0.1, -0.05) is 18.2 Å². The fraction of sp³-hybridized carbons (Fsp3) is 0.682. The van der Waals surface area contributed by atoms with Gasteiger partial charge in [0.1, 0.15) is 0 Å². The van der Waals surface area contributed by atoms with Gasteiger partial charge in [0, 0.05) is 43.3 Å². The number of fused-ring (bicyclic) bond motifs is 2. The van der Waals surface area contributed by atoms with Crippen molar-refractivity contribution >= 4 is 11.6 Å². The van der Waals surface area contributed by atoms with E-state index in [9.17, 15) is 9.90 Å². The van der Waals surface area contributed by atoms with E-state index >= 15 is 0 Å². The van der Waals surface area contributed by atoms with Gasteiger partial charge < -0.3 is 19.6 Å². The molecule has 1 amide bonds. The van der Waals surface area contributed by atoms with Crippen LogP contribution in [0, 0.1) is 11.8 Å². The second kappa shape index (κ2) is 6.78. The molecule has 0 aromatic heterocycles. The van der Waals surface area contributed by atoms with Crippen molar-refractivity contribution in [3.8, 4) is 0 Å². The van der Waals surface area contributed by atoms with Gasteiger partial charge in [-0.05, 0) is 50.5 Å². The number of carbonyl (C=O) groups excluding carboxylic acids is 1. The minimum Gasteiger partial charge on any atom is -0.393 e. The van der Waals surface area contributed by atoms with Gasteiger partial charge in [-0.25, -0.2) is 0 Å². The molecule has 0 unspecified atom stereocenters. The largest absolute Gasteiger partial charge is 0.393 e. The minimum atomic E-state index is -0.274. The normalized spacial score (nSPS) is 29.8. The minimum absolute atomic E-state index is 0.0328. The highest BCUT2D eigenvalue weighted by atomic mass is 16.5. The smallest absolute Gasteiger partial charge is 0.225 e. The fourth-order valence-electron chi connectivity index (χ4n) is 5.04. The second-order valence-electron chi connectivity index (χ2n) is 8.90. The Morgan fingerprint density at radius 3 is 2.59 bits per heavy atom. The van der Waals surface area contributed by atoms with E-state index in [4.69, 9.17) is 4.74 Å². The quantitative estimate of drug-likeness (QED) is 0.888. The molecular weight excluding hydrogens is 340 g/mol. The molecule has 4 aliphatic rings. The van der Waals surface area contributed by atoms with Crippen molar-refractivity contribution in [2.24, 2.45) is 11.8 Å². The van der Waals surface area contributed by atoms with Gasteiger partial charge in [-0.3, -0.25) is 4.79 Å². The molecule has 27 heavy (non-hydrogen) atoms. The second-order valence-corrected chi connectivity index (χ2v) is 8.90. The van der Waals surface area contributed by atoms with Gasteiger partial charge in [-0.15, -0.1) is 0 Å². The number of rotatable bonds is 3. The van der Waals surface area contributed by atoms with Crippen LogP contribution in [-0.2, 0) is 15.1 Å². The zero-order valence-electron chi connectivity index (χ0n) is 16.0. The Morgan fingerprint density at radius 2 is 1.89 bits per heavy atom. The topological polar surface area (TPSA) is 53.0 Å². The molecule has 2 saturated carbocycles. The number of ether oxygens (including phenoxy) is 1. The molecule has 5 rings (SSSR count). The van der Waals surface area contributed by atoms with E-state index < -0.39 is 0 Å². The molecule has 0 atom stereocenters. The van der Waals surface area contributed by atoms with Gasteiger partial charge in [0.2, 0.25) is 5.91 Å². The number of aliphatic hydroxyl groups is 1. The Hall–Kier alpha value is -1.59. The van der Waals surface area contributed by atoms with Crippen LogP contribution in [0.3, 0.4) is 0 Å². The van der Waals surface area contributed by atoms with Gasteiger partial charge in [-0.2, -0.15) is 0 Å². The third-order valence-electron chi connectivity index (χ3n) is 7.00. The van der Waals surface area contributed by atoms with Gasteiger partial charge in [0.15, 0.2) is 0 Å². The van der Waals surface area contributed by atoms with Crippen molar-refractivity contribution in [2.75, 3.05) is 37.7 Å². The fourth-order valence-corrected chi connectivity index (χ4v) is 5.04. The average Bonchev–Trinajstić information content (AvgIpc) is 3.49. The average molecular weight is 370 g/mol. The number of carbonyl (C=O) groups is 1. The number of aliphatic hydroxyl groups excluding tert-OH is 1. The van der Waals surface area contributed by atoms with E-state index in [-0.39, 0.29) is 23.5 Å². The van der Waals surface area contributed by atoms with E-state index in [1.165, 1.54) is 24.1 Å². The Labute approximate surface area is 161 Å². The zero-order valence-corrected chi connectivity index (χ0v) is 16.0. The van der Waals surface area contributed by atoms with Gasteiger partial charge >= 0.3 is 0 Å². The van der Waals surface area contributed by atoms with Crippen LogP contribution in [-0.4, -0.2) is 54.8 Å². The van der Waals surface area contributed by atoms with Crippen LogP contribution >= 0.6 is 0 Å². The third-order valence-corrected chi connectivity index (χ3v) is 7.00. The first kappa shape index (κ1) is 17.5. The maximum Gasteiger partial charge on any atom is 0.225 e. The lowest BCUT2D eigenvalue weighted by molar-refractivity contribution is -0.149. The SMILES string of the molecule is O=C(C1CC(O)C1)N1CCC2(CC1)OCCN(CC1CC1)c1ccccc12. The molecule has 1 aromatic carbocycles. The first-order valence-corrected chi connectivity index (χ1v) is 10.6. The number of amides is 1. The van der Waals surface area contributed by atoms with Crippen LogP contribution in [0.5, 0.6) is 0 Å². The molecule has 146 valence electrons. The third kappa shape index (κ3) is 3.25. The first-order valence-electron chi connectivity index (χ1n) is 10.6. The Kier molecular flexibility index (Phi) is 4.40. The maximum absolute atomic E-state index is 12.7. The summed E-state index contributed by atoms with van der Waals surface area (Å²) < 4.78 is 6.52. The monoisotopic (exact) mass is 370 g/mol. The molecule has 2 heterocycles. The summed E-state index contributed by atoms with van der Waals surface area (Å²) in [5, 5.41) is 9.50. The van der Waals surface area contributed by atoms with Crippen molar-refractivity contribution in [3.63, 3.8) is 0 Å². The highest BCUT2D eigenvalue weighted by Crippen LogP contribution is 2.44. The van der Waals surface area contributed by atoms with E-state index in [0.717, 1.165) is 51.5 Å². The van der Waals surface area contributed by atoms with Crippen LogP contribution in [0.15, 0.2) is 24.3 Å². The predicted octanol–water partition coefficient (Wildman–Crippen LogP) is 2.52. The molecule has 1 N–H and O–H groups in total. The molecule has 1 aromatic rings. The van der Waals surface area contributed by atoms with Gasteiger partial charge in [0.25, 0.3) is 0 Å². The lowest BCUT2D eigenvalue weighted by Crippen LogP contribution is -2.50. The molecule has 1 spiro atoms. The highest BCUT2D eigenvalue weighted by molar-refractivity contribution is 5.80. The van der Waals surface area contributed by atoms with E-state index in [1.54, 1.807) is 0 Å². The number of anilines is 1. The van der Waals surface area contributed by atoms with Crippen LogP contribution in [0.1, 0.15) is 44.1 Å². The van der Waals surface area contributed by atoms with E-state index in [0.29, 0.717) is 12.8 Å². The van der Waals surface area contributed by atoms with Crippen LogP contribution < -0.4 is 4.90 Å². The lowest BCUT2D eigenvalue weighted by Gasteiger charge is -2.44. The van der Waals surface area contributed by atoms with Crippen molar-refractivity contribution < 1.29 is 14.6 Å². The number of nitrogens with zero attached hydrogens (tertiary/aromatic N) is 2. The molecule has 3 fully saturated rings. The van der Waals surface area contributed by atoms with Crippen LogP contribution in [0.2, 0.25) is 0 Å². The molecule has 0 radical (unpaired) electrons. The van der Waals surface area contributed by atoms with Crippen molar-refractivity contribution in [1.82, 2.24) is 4.90 Å². The van der Waals surface area contributed by atoms with E-state index in [2.05, 4.69) is 29.2 Å². The Morgan fingerprint density at radius 1 is 1.15 bits per heavy atom. The summed E-state index contributed by atoms with van der Waals surface area (Å²) in [7, 11) is 0. The summed E-state index contributed by atoms with van der Waals surface area (Å²) in [6, 6.07) is 8.75. The Balaban J connectivity index is 1.34. The summed E-state index contributed by atoms with van der Waals surface area (Å²) >= 11 is 0. The maximum atomic E-state index is 12.7. The number of para-hydroxylation sites is 1. The highest BCUT2D eigenvalue weighted by Gasteiger charge is 2.44. The number of likely N-dealkylation sites (tertiary alicyclic amines) is 1. The molecule has 1 saturated heterocycles. The van der Waals surface area contributed by atoms with Crippen molar-refractivity contribution in [2.45, 2.75) is 50.2 Å². The summed E-state index contributed by atoms with van der Waals surface area (Å²) in [6.45, 7) is 4.36. The van der Waals surface area contributed by atoms with Crippen LogP contribution in [0.25, 0.3) is 0 Å². The van der Waals surface area contributed by atoms with Crippen LogP contribution in [0.4, 0.5) is 5.69 Å². The first-order chi connectivity index (χ1) is 13.1. The summed E-state index contributed by atoms with van der Waals surface area (Å²) in [5.41, 5.74) is 2.39. The van der Waals surface area contributed by atoms with Gasteiger partial charge in [0.05, 0.1) is 18.3 Å². The van der Waals surface area contributed by atoms with Crippen molar-refractivity contribution in [3.05, 3.63) is 29.8 Å². The number of hydrogen-bond acceptors (Lipinski definition) is 4. The number of piperidine rings is 1. The summed E-state index contributed by atoms with van der Waals surface area (Å²) in [5.74, 6) is 1.11. The van der Waals surface area contributed by atoms with E-state index in [1.807, 2.05) is 4.90 Å². The zero-order chi connectivity index (χ0) is 18.4. The number of hydrogen-bond donors (Lipinski definition) is 1. The molecular formula is C22H30N2O3.